The highest BCUT2D eigenvalue weighted by molar-refractivity contribution is 5.92. The topological polar surface area (TPSA) is 60.5 Å². The summed E-state index contributed by atoms with van der Waals surface area (Å²) in [5.74, 6) is 1.17. The first kappa shape index (κ1) is 18.2. The van der Waals surface area contributed by atoms with E-state index in [2.05, 4.69) is 10.3 Å². The third-order valence-corrected chi connectivity index (χ3v) is 4.75. The van der Waals surface area contributed by atoms with E-state index in [1.54, 1.807) is 6.20 Å². The zero-order chi connectivity index (χ0) is 19.2. The minimum absolute atomic E-state index is 0.0456. The van der Waals surface area contributed by atoms with Gasteiger partial charge in [-0.05, 0) is 35.7 Å². The largest absolute Gasteiger partial charge is 0.488 e. The number of carbonyl (C=O) groups excluding carboxylic acids is 1. The number of rotatable bonds is 6. The van der Waals surface area contributed by atoms with Crippen molar-refractivity contribution >= 4 is 11.7 Å². The van der Waals surface area contributed by atoms with E-state index < -0.39 is 0 Å². The maximum absolute atomic E-state index is 12.3. The van der Waals surface area contributed by atoms with Crippen molar-refractivity contribution in [2.75, 3.05) is 18.5 Å². The fourth-order valence-corrected chi connectivity index (χ4v) is 3.20. The van der Waals surface area contributed by atoms with Crippen LogP contribution in [0, 0.1) is 5.92 Å². The van der Waals surface area contributed by atoms with Crippen LogP contribution in [0.1, 0.15) is 12.0 Å². The zero-order valence-electron chi connectivity index (χ0n) is 15.5. The van der Waals surface area contributed by atoms with Crippen LogP contribution >= 0.6 is 0 Å². The van der Waals surface area contributed by atoms with Crippen molar-refractivity contribution in [2.24, 2.45) is 5.92 Å². The average Bonchev–Trinajstić information content (AvgIpc) is 3.29. The Morgan fingerprint density at radius 2 is 1.93 bits per heavy atom. The van der Waals surface area contributed by atoms with Gasteiger partial charge < -0.3 is 14.8 Å². The molecule has 1 unspecified atom stereocenters. The van der Waals surface area contributed by atoms with Gasteiger partial charge in [-0.2, -0.15) is 0 Å². The Morgan fingerprint density at radius 1 is 1.11 bits per heavy atom. The van der Waals surface area contributed by atoms with Gasteiger partial charge in [0.15, 0.2) is 0 Å². The molecule has 2 aromatic carbocycles. The van der Waals surface area contributed by atoms with Gasteiger partial charge in [0, 0.05) is 18.4 Å². The predicted octanol–water partition coefficient (Wildman–Crippen LogP) is 4.30. The number of benzene rings is 2. The molecule has 4 rings (SSSR count). The van der Waals surface area contributed by atoms with Crippen LogP contribution in [0.5, 0.6) is 5.75 Å². The molecule has 0 spiro atoms. The molecule has 5 heteroatoms. The van der Waals surface area contributed by atoms with E-state index >= 15 is 0 Å². The molecule has 142 valence electrons. The summed E-state index contributed by atoms with van der Waals surface area (Å²) in [7, 11) is 0. The molecular formula is C23H22N2O3. The summed E-state index contributed by atoms with van der Waals surface area (Å²) < 4.78 is 11.3. The fraction of sp³-hybridized carbons (Fsp3) is 0.217. The third-order valence-electron chi connectivity index (χ3n) is 4.75. The standard InChI is InChI=1S/C23H22N2O3/c26-23(19-11-13-27-16-19)25-22-14-18(10-12-24-22)20-8-4-5-9-21(20)28-15-17-6-2-1-3-7-17/h1-10,12,14,19H,11,13,15-16H2,(H,24,25,26). The zero-order valence-corrected chi connectivity index (χ0v) is 15.5. The van der Waals surface area contributed by atoms with Crippen LogP contribution < -0.4 is 10.1 Å². The molecule has 1 fully saturated rings. The maximum atomic E-state index is 12.3. The van der Waals surface area contributed by atoms with Crippen molar-refractivity contribution < 1.29 is 14.3 Å². The highest BCUT2D eigenvalue weighted by Crippen LogP contribution is 2.31. The number of ether oxygens (including phenoxy) is 2. The molecule has 0 bridgehead atoms. The van der Waals surface area contributed by atoms with E-state index in [9.17, 15) is 4.79 Å². The lowest BCUT2D eigenvalue weighted by Crippen LogP contribution is -2.23. The lowest BCUT2D eigenvalue weighted by atomic mass is 10.1. The minimum Gasteiger partial charge on any atom is -0.488 e. The average molecular weight is 374 g/mol. The first-order valence-electron chi connectivity index (χ1n) is 9.40. The van der Waals surface area contributed by atoms with Gasteiger partial charge in [0.2, 0.25) is 5.91 Å². The molecule has 1 aromatic heterocycles. The van der Waals surface area contributed by atoms with Crippen LogP contribution in [-0.4, -0.2) is 24.1 Å². The molecule has 1 aliphatic rings. The second-order valence-electron chi connectivity index (χ2n) is 6.75. The van der Waals surface area contributed by atoms with Crippen LogP contribution in [0.25, 0.3) is 11.1 Å². The number of nitrogens with one attached hydrogen (secondary N) is 1. The Hall–Kier alpha value is -3.18. The Labute approximate surface area is 164 Å². The number of amides is 1. The van der Waals surface area contributed by atoms with Gasteiger partial charge in [0.1, 0.15) is 18.2 Å². The number of carbonyl (C=O) groups is 1. The molecule has 5 nitrogen and oxygen atoms in total. The molecular weight excluding hydrogens is 352 g/mol. The molecule has 0 aliphatic carbocycles. The molecule has 0 radical (unpaired) electrons. The summed E-state index contributed by atoms with van der Waals surface area (Å²) in [4.78, 5) is 16.6. The van der Waals surface area contributed by atoms with Gasteiger partial charge in [0.05, 0.1) is 12.5 Å². The summed E-state index contributed by atoms with van der Waals surface area (Å²) in [6.07, 6.45) is 2.45. The molecule has 1 amide bonds. The van der Waals surface area contributed by atoms with E-state index in [4.69, 9.17) is 9.47 Å². The van der Waals surface area contributed by atoms with Crippen LogP contribution in [0.4, 0.5) is 5.82 Å². The summed E-state index contributed by atoms with van der Waals surface area (Å²) in [5.41, 5.74) is 3.01. The lowest BCUT2D eigenvalue weighted by Gasteiger charge is -2.13. The van der Waals surface area contributed by atoms with Gasteiger partial charge in [-0.1, -0.05) is 48.5 Å². The molecule has 1 aliphatic heterocycles. The summed E-state index contributed by atoms with van der Waals surface area (Å²) in [5, 5.41) is 2.90. The van der Waals surface area contributed by atoms with Gasteiger partial charge in [0.25, 0.3) is 0 Å². The van der Waals surface area contributed by atoms with E-state index in [0.29, 0.717) is 25.6 Å². The Kier molecular flexibility index (Phi) is 5.64. The van der Waals surface area contributed by atoms with Gasteiger partial charge >= 0.3 is 0 Å². The second-order valence-corrected chi connectivity index (χ2v) is 6.75. The fourth-order valence-electron chi connectivity index (χ4n) is 3.20. The SMILES string of the molecule is O=C(Nc1cc(-c2ccccc2OCc2ccccc2)ccn1)C1CCOC1. The van der Waals surface area contributed by atoms with E-state index in [0.717, 1.165) is 28.9 Å². The van der Waals surface area contributed by atoms with Gasteiger partial charge in [-0.25, -0.2) is 4.98 Å². The quantitative estimate of drug-likeness (QED) is 0.699. The number of para-hydroxylation sites is 1. The van der Waals surface area contributed by atoms with Crippen molar-refractivity contribution in [3.8, 4) is 16.9 Å². The molecule has 1 N–H and O–H groups in total. The summed E-state index contributed by atoms with van der Waals surface area (Å²) in [6, 6.07) is 21.7. The van der Waals surface area contributed by atoms with Crippen LogP contribution in [0.2, 0.25) is 0 Å². The van der Waals surface area contributed by atoms with Gasteiger partial charge in [-0.15, -0.1) is 0 Å². The van der Waals surface area contributed by atoms with E-state index in [1.807, 2.05) is 66.7 Å². The number of hydrogen-bond donors (Lipinski definition) is 1. The molecule has 28 heavy (non-hydrogen) atoms. The van der Waals surface area contributed by atoms with Gasteiger partial charge in [-0.3, -0.25) is 4.79 Å². The van der Waals surface area contributed by atoms with Crippen molar-refractivity contribution in [1.82, 2.24) is 4.98 Å². The van der Waals surface area contributed by atoms with Crippen LogP contribution in [0.15, 0.2) is 72.9 Å². The maximum Gasteiger partial charge on any atom is 0.231 e. The van der Waals surface area contributed by atoms with E-state index in [-0.39, 0.29) is 11.8 Å². The first-order valence-corrected chi connectivity index (χ1v) is 9.40. The van der Waals surface area contributed by atoms with Crippen molar-refractivity contribution in [2.45, 2.75) is 13.0 Å². The predicted molar refractivity (Wildman–Crippen MR) is 108 cm³/mol. The highest BCUT2D eigenvalue weighted by atomic mass is 16.5. The van der Waals surface area contributed by atoms with Crippen LogP contribution in [-0.2, 0) is 16.1 Å². The summed E-state index contributed by atoms with van der Waals surface area (Å²) in [6.45, 7) is 1.60. The number of pyridine rings is 1. The van der Waals surface area contributed by atoms with Crippen molar-refractivity contribution in [3.63, 3.8) is 0 Å². The number of nitrogens with zero attached hydrogens (tertiary/aromatic N) is 1. The number of hydrogen-bond acceptors (Lipinski definition) is 4. The molecule has 1 saturated heterocycles. The minimum atomic E-state index is -0.105. The Bertz CT molecular complexity index is 937. The normalized spacial score (nSPS) is 15.9. The summed E-state index contributed by atoms with van der Waals surface area (Å²) >= 11 is 0. The monoisotopic (exact) mass is 374 g/mol. The van der Waals surface area contributed by atoms with Crippen LogP contribution in [0.3, 0.4) is 0 Å². The molecule has 1 atom stereocenters. The molecule has 0 saturated carbocycles. The lowest BCUT2D eigenvalue weighted by molar-refractivity contribution is -0.119. The third kappa shape index (κ3) is 4.38. The molecule has 3 aromatic rings. The highest BCUT2D eigenvalue weighted by Gasteiger charge is 2.23. The van der Waals surface area contributed by atoms with Crippen molar-refractivity contribution in [1.29, 1.82) is 0 Å². The number of aromatic nitrogens is 1. The Morgan fingerprint density at radius 3 is 2.75 bits per heavy atom. The van der Waals surface area contributed by atoms with Crippen molar-refractivity contribution in [3.05, 3.63) is 78.5 Å². The second kappa shape index (κ2) is 8.67. The number of anilines is 1. The smallest absolute Gasteiger partial charge is 0.231 e. The Balaban J connectivity index is 1.51. The molecule has 2 heterocycles. The van der Waals surface area contributed by atoms with E-state index in [1.165, 1.54) is 0 Å². The first-order chi connectivity index (χ1) is 13.8.